The van der Waals surface area contributed by atoms with Gasteiger partial charge in [0.2, 0.25) is 0 Å². The van der Waals surface area contributed by atoms with E-state index in [-0.39, 0.29) is 0 Å². The number of fused-ring (bicyclic) bond motifs is 1. The van der Waals surface area contributed by atoms with Crippen molar-refractivity contribution in [1.29, 1.82) is 0 Å². The van der Waals surface area contributed by atoms with Gasteiger partial charge in [-0.3, -0.25) is 10.3 Å². The minimum atomic E-state index is -1.04. The Balaban J connectivity index is 2.20. The summed E-state index contributed by atoms with van der Waals surface area (Å²) in [6.07, 6.45) is 1.48. The molecule has 0 saturated heterocycles. The second-order valence-electron chi connectivity index (χ2n) is 3.06. The van der Waals surface area contributed by atoms with Crippen LogP contribution in [0.25, 0.3) is 10.9 Å². The molecule has 2 rings (SSSR count). The van der Waals surface area contributed by atoms with Crippen LogP contribution in [0.4, 0.5) is 5.69 Å². The largest absolute Gasteiger partial charge is 0.479 e. The Morgan fingerprint density at radius 3 is 3.06 bits per heavy atom. The summed E-state index contributed by atoms with van der Waals surface area (Å²) in [5.74, 6) is -1.04. The molecule has 1 aromatic carbocycles. The van der Waals surface area contributed by atoms with Gasteiger partial charge in [-0.05, 0) is 6.07 Å². The lowest BCUT2D eigenvalue weighted by Gasteiger charge is -2.06. The van der Waals surface area contributed by atoms with Crippen LogP contribution in [-0.4, -0.2) is 27.9 Å². The normalized spacial score (nSPS) is 10.2. The second kappa shape index (κ2) is 4.54. The highest BCUT2D eigenvalue weighted by molar-refractivity contribution is 5.89. The van der Waals surface area contributed by atoms with E-state index >= 15 is 0 Å². The molecule has 0 saturated carbocycles. The van der Waals surface area contributed by atoms with Crippen LogP contribution in [0.5, 0.6) is 0 Å². The maximum absolute atomic E-state index is 10.3. The molecule has 2 aromatic rings. The number of aliphatic carboxylic acids is 1. The van der Waals surface area contributed by atoms with E-state index in [9.17, 15) is 4.79 Å². The van der Waals surface area contributed by atoms with Crippen LogP contribution in [0.2, 0.25) is 0 Å². The third kappa shape index (κ3) is 2.23. The van der Waals surface area contributed by atoms with Crippen LogP contribution < -0.4 is 5.48 Å². The molecule has 0 aliphatic heterocycles. The number of nitrogens with zero attached hydrogens (tertiary/aromatic N) is 2. The van der Waals surface area contributed by atoms with Crippen LogP contribution >= 0.6 is 0 Å². The summed E-state index contributed by atoms with van der Waals surface area (Å²) < 4.78 is 0. The predicted octanol–water partition coefficient (Wildman–Crippen LogP) is 1.06. The van der Waals surface area contributed by atoms with E-state index in [2.05, 4.69) is 15.7 Å². The average molecular weight is 219 g/mol. The molecule has 16 heavy (non-hydrogen) atoms. The van der Waals surface area contributed by atoms with Gasteiger partial charge >= 0.3 is 5.97 Å². The Labute approximate surface area is 90.8 Å². The summed E-state index contributed by atoms with van der Waals surface area (Å²) in [6, 6.07) is 7.35. The maximum atomic E-state index is 10.3. The fourth-order valence-corrected chi connectivity index (χ4v) is 1.26. The third-order valence-electron chi connectivity index (χ3n) is 1.92. The average Bonchev–Trinajstić information content (AvgIpc) is 2.29. The number of anilines is 1. The van der Waals surface area contributed by atoms with E-state index < -0.39 is 12.6 Å². The van der Waals surface area contributed by atoms with Crippen molar-refractivity contribution in [1.82, 2.24) is 10.2 Å². The molecule has 1 aromatic heterocycles. The molecule has 1 heterocycles. The Morgan fingerprint density at radius 2 is 2.25 bits per heavy atom. The fraction of sp³-hybridized carbons (Fsp3) is 0.100. The lowest BCUT2D eigenvalue weighted by Crippen LogP contribution is -2.11. The van der Waals surface area contributed by atoms with Gasteiger partial charge in [0.1, 0.15) is 0 Å². The van der Waals surface area contributed by atoms with Gasteiger partial charge in [0.05, 0.1) is 17.4 Å². The Kier molecular flexibility index (Phi) is 2.93. The van der Waals surface area contributed by atoms with Crippen LogP contribution in [0.3, 0.4) is 0 Å². The summed E-state index contributed by atoms with van der Waals surface area (Å²) in [7, 11) is 0. The first kappa shape index (κ1) is 10.3. The van der Waals surface area contributed by atoms with Gasteiger partial charge in [-0.2, -0.15) is 10.2 Å². The molecule has 0 unspecified atom stereocenters. The lowest BCUT2D eigenvalue weighted by atomic mass is 10.2. The van der Waals surface area contributed by atoms with Gasteiger partial charge in [0, 0.05) is 5.39 Å². The molecule has 0 aliphatic carbocycles. The van der Waals surface area contributed by atoms with E-state index in [0.717, 1.165) is 5.39 Å². The predicted molar refractivity (Wildman–Crippen MR) is 56.7 cm³/mol. The van der Waals surface area contributed by atoms with E-state index in [4.69, 9.17) is 9.94 Å². The molecular formula is C10H9N3O3. The van der Waals surface area contributed by atoms with Crippen molar-refractivity contribution in [3.05, 3.63) is 30.5 Å². The summed E-state index contributed by atoms with van der Waals surface area (Å²) in [5.41, 5.74) is 3.84. The first-order chi connectivity index (χ1) is 7.77. The molecule has 82 valence electrons. The number of hydrogen-bond donors (Lipinski definition) is 2. The molecule has 0 bridgehead atoms. The van der Waals surface area contributed by atoms with Crippen molar-refractivity contribution < 1.29 is 14.7 Å². The van der Waals surface area contributed by atoms with Crippen molar-refractivity contribution in [2.75, 3.05) is 12.1 Å². The first-order valence-corrected chi connectivity index (χ1v) is 4.57. The Hall–Kier alpha value is -2.21. The Bertz CT molecular complexity index is 510. The smallest absolute Gasteiger partial charge is 0.332 e. The van der Waals surface area contributed by atoms with Gasteiger partial charge in [0.25, 0.3) is 0 Å². The number of rotatable bonds is 4. The summed E-state index contributed by atoms with van der Waals surface area (Å²) >= 11 is 0. The van der Waals surface area contributed by atoms with Crippen LogP contribution in [0, 0.1) is 0 Å². The summed E-state index contributed by atoms with van der Waals surface area (Å²) in [4.78, 5) is 15.0. The molecule has 0 fully saturated rings. The zero-order valence-electron chi connectivity index (χ0n) is 8.25. The Morgan fingerprint density at radius 1 is 1.44 bits per heavy atom. The molecule has 6 nitrogen and oxygen atoms in total. The molecule has 0 spiro atoms. The molecule has 0 aliphatic rings. The van der Waals surface area contributed by atoms with Crippen molar-refractivity contribution in [2.24, 2.45) is 0 Å². The van der Waals surface area contributed by atoms with Crippen LogP contribution in [0.1, 0.15) is 0 Å². The van der Waals surface area contributed by atoms with Crippen molar-refractivity contribution >= 4 is 22.6 Å². The first-order valence-electron chi connectivity index (χ1n) is 4.57. The number of carboxylic acids is 1. The highest BCUT2D eigenvalue weighted by Crippen LogP contribution is 2.19. The third-order valence-corrected chi connectivity index (χ3v) is 1.92. The fourth-order valence-electron chi connectivity index (χ4n) is 1.26. The zero-order chi connectivity index (χ0) is 11.4. The van der Waals surface area contributed by atoms with Gasteiger partial charge in [0.15, 0.2) is 6.61 Å². The van der Waals surface area contributed by atoms with Gasteiger partial charge in [-0.25, -0.2) is 4.79 Å². The highest BCUT2D eigenvalue weighted by Gasteiger charge is 2.02. The van der Waals surface area contributed by atoms with Crippen molar-refractivity contribution in [3.8, 4) is 0 Å². The van der Waals surface area contributed by atoms with E-state index in [0.29, 0.717) is 11.2 Å². The molecule has 0 radical (unpaired) electrons. The quantitative estimate of drug-likeness (QED) is 0.748. The number of nitrogens with one attached hydrogen (secondary N) is 1. The lowest BCUT2D eigenvalue weighted by molar-refractivity contribution is -0.141. The standard InChI is InChI=1S/C10H9N3O3/c14-10(15)6-16-13-9-5-11-12-8-4-2-1-3-7(8)9/h1-5H,6H2,(H,12,13)(H,14,15). The molecule has 0 atom stereocenters. The van der Waals surface area contributed by atoms with Crippen LogP contribution in [0.15, 0.2) is 30.5 Å². The van der Waals surface area contributed by atoms with E-state index in [1.165, 1.54) is 6.20 Å². The minimum Gasteiger partial charge on any atom is -0.479 e. The summed E-state index contributed by atoms with van der Waals surface area (Å²) in [5, 5.41) is 16.9. The van der Waals surface area contributed by atoms with E-state index in [1.54, 1.807) is 0 Å². The molecule has 2 N–H and O–H groups in total. The summed E-state index contributed by atoms with van der Waals surface area (Å²) in [6.45, 7) is -0.420. The van der Waals surface area contributed by atoms with Crippen LogP contribution in [-0.2, 0) is 9.63 Å². The second-order valence-corrected chi connectivity index (χ2v) is 3.06. The molecule has 6 heteroatoms. The van der Waals surface area contributed by atoms with Gasteiger partial charge in [-0.1, -0.05) is 18.2 Å². The van der Waals surface area contributed by atoms with Crippen molar-refractivity contribution in [2.45, 2.75) is 0 Å². The number of hydrogen-bond acceptors (Lipinski definition) is 5. The van der Waals surface area contributed by atoms with E-state index in [1.807, 2.05) is 24.3 Å². The van der Waals surface area contributed by atoms with Gasteiger partial charge < -0.3 is 5.11 Å². The number of carbonyl (C=O) groups is 1. The number of aromatic nitrogens is 2. The maximum Gasteiger partial charge on any atom is 0.332 e. The van der Waals surface area contributed by atoms with Crippen molar-refractivity contribution in [3.63, 3.8) is 0 Å². The number of carboxylic acid groups (broad SMARTS) is 1. The number of benzene rings is 1. The minimum absolute atomic E-state index is 0.420. The monoisotopic (exact) mass is 219 g/mol. The van der Waals surface area contributed by atoms with Gasteiger partial charge in [-0.15, -0.1) is 0 Å². The highest BCUT2D eigenvalue weighted by atomic mass is 16.7. The molecular weight excluding hydrogens is 210 g/mol. The molecule has 0 amide bonds. The topological polar surface area (TPSA) is 84.3 Å². The SMILES string of the molecule is O=C(O)CONc1cnnc2ccccc12. The zero-order valence-corrected chi connectivity index (χ0v) is 8.25.